The van der Waals surface area contributed by atoms with Gasteiger partial charge in [0.25, 0.3) is 0 Å². The molecule has 58 valence electrons. The third kappa shape index (κ3) is 9.54. The summed E-state index contributed by atoms with van der Waals surface area (Å²) in [5.41, 5.74) is 0. The van der Waals surface area contributed by atoms with Crippen LogP contribution in [0.15, 0.2) is 0 Å². The Hall–Kier alpha value is -0.463. The quantitative estimate of drug-likeness (QED) is 0.305. The van der Waals surface area contributed by atoms with E-state index in [4.69, 9.17) is 0 Å². The summed E-state index contributed by atoms with van der Waals surface area (Å²) in [4.78, 5) is 20.2. The van der Waals surface area contributed by atoms with E-state index in [9.17, 15) is 14.7 Å². The summed E-state index contributed by atoms with van der Waals surface area (Å²) in [5.74, 6) is -1.52. The van der Waals surface area contributed by atoms with Crippen LogP contribution >= 0.6 is 0 Å². The first-order valence-corrected chi connectivity index (χ1v) is 2.93. The van der Waals surface area contributed by atoms with E-state index < -0.39 is 5.97 Å². The average Bonchev–Trinajstić information content (AvgIpc) is 1.87. The van der Waals surface area contributed by atoms with Gasteiger partial charge in [-0.25, -0.2) is 0 Å². The van der Waals surface area contributed by atoms with Crippen molar-refractivity contribution in [2.24, 2.45) is 0 Å². The number of carboxylic acids is 1. The van der Waals surface area contributed by atoms with Gasteiger partial charge >= 0.3 is 24.8 Å². The van der Waals surface area contributed by atoms with Gasteiger partial charge < -0.3 is 14.6 Å². The maximum Gasteiger partial charge on any atom is 1.00 e. The molecular formula is C6H9LiO4. The third-order valence-electron chi connectivity index (χ3n) is 0.989. The van der Waals surface area contributed by atoms with Gasteiger partial charge in [-0.3, -0.25) is 4.79 Å². The molecule has 0 saturated heterocycles. The van der Waals surface area contributed by atoms with Crippen molar-refractivity contribution in [3.8, 4) is 0 Å². The average molecular weight is 152 g/mol. The minimum atomic E-state index is -1.14. The van der Waals surface area contributed by atoms with Crippen molar-refractivity contribution in [1.29, 1.82) is 0 Å². The zero-order chi connectivity index (χ0) is 7.98. The Bertz CT molecular complexity index is 135. The second-order valence-electron chi connectivity index (χ2n) is 1.80. The van der Waals surface area contributed by atoms with E-state index in [0.717, 1.165) is 0 Å². The molecule has 0 rings (SSSR count). The zero-order valence-corrected chi connectivity index (χ0v) is 6.75. The van der Waals surface area contributed by atoms with E-state index in [0.29, 0.717) is 0 Å². The smallest absolute Gasteiger partial charge is 0.550 e. The van der Waals surface area contributed by atoms with Crippen LogP contribution in [0, 0.1) is 0 Å². The van der Waals surface area contributed by atoms with E-state index in [1.165, 1.54) is 7.11 Å². The molecule has 0 saturated carbocycles. The molecule has 0 spiro atoms. The van der Waals surface area contributed by atoms with Gasteiger partial charge in [0.05, 0.1) is 7.11 Å². The number of ether oxygens (including phenoxy) is 1. The summed E-state index contributed by atoms with van der Waals surface area (Å²) in [5, 5.41) is 9.81. The van der Waals surface area contributed by atoms with Crippen LogP contribution in [0.1, 0.15) is 19.3 Å². The van der Waals surface area contributed by atoms with Crippen LogP contribution in [0.3, 0.4) is 0 Å². The Morgan fingerprint density at radius 3 is 2.27 bits per heavy atom. The number of rotatable bonds is 4. The molecule has 4 nitrogen and oxygen atoms in total. The van der Waals surface area contributed by atoms with E-state index in [1.807, 2.05) is 0 Å². The first-order valence-electron chi connectivity index (χ1n) is 2.93. The molecule has 0 heterocycles. The molecule has 0 aliphatic heterocycles. The molecular weight excluding hydrogens is 143 g/mol. The fraction of sp³-hybridized carbons (Fsp3) is 0.667. The van der Waals surface area contributed by atoms with Crippen LogP contribution in [0.2, 0.25) is 0 Å². The van der Waals surface area contributed by atoms with Gasteiger partial charge in [-0.15, -0.1) is 0 Å². The Balaban J connectivity index is 0. The van der Waals surface area contributed by atoms with Gasteiger partial charge in [-0.2, -0.15) is 0 Å². The topological polar surface area (TPSA) is 66.4 Å². The number of carboxylic acid groups (broad SMARTS) is 1. The summed E-state index contributed by atoms with van der Waals surface area (Å²) >= 11 is 0. The molecule has 0 radical (unpaired) electrons. The van der Waals surface area contributed by atoms with E-state index in [2.05, 4.69) is 4.74 Å². The number of esters is 1. The van der Waals surface area contributed by atoms with Crippen molar-refractivity contribution < 1.29 is 38.3 Å². The molecule has 0 bridgehead atoms. The minimum absolute atomic E-state index is 0. The Labute approximate surface area is 77.1 Å². The molecule has 11 heavy (non-hydrogen) atoms. The van der Waals surface area contributed by atoms with Crippen LogP contribution in [0.5, 0.6) is 0 Å². The molecule has 0 aromatic heterocycles. The molecule has 0 aliphatic carbocycles. The van der Waals surface area contributed by atoms with Crippen LogP contribution in [-0.2, 0) is 14.3 Å². The van der Waals surface area contributed by atoms with Crippen molar-refractivity contribution in [2.45, 2.75) is 19.3 Å². The summed E-state index contributed by atoms with van der Waals surface area (Å²) in [7, 11) is 1.27. The normalized spacial score (nSPS) is 8.09. The Morgan fingerprint density at radius 1 is 1.36 bits per heavy atom. The molecule has 0 aromatic carbocycles. The monoisotopic (exact) mass is 152 g/mol. The zero-order valence-electron chi connectivity index (χ0n) is 6.75. The van der Waals surface area contributed by atoms with Crippen LogP contribution in [-0.4, -0.2) is 19.0 Å². The summed E-state index contributed by atoms with van der Waals surface area (Å²) < 4.78 is 4.28. The number of methoxy groups -OCH3 is 1. The van der Waals surface area contributed by atoms with Crippen molar-refractivity contribution in [3.05, 3.63) is 0 Å². The molecule has 0 amide bonds. The Kier molecular flexibility index (Phi) is 9.14. The van der Waals surface area contributed by atoms with Gasteiger partial charge in [-0.05, 0) is 12.8 Å². The standard InChI is InChI=1S/C6H10O4.Li/c1-10-6(9)4-2-3-5(7)8;/h2-4H2,1H3,(H,7,8);/q;+1/p-1. The second kappa shape index (κ2) is 7.64. The molecule has 0 atom stereocenters. The van der Waals surface area contributed by atoms with Crippen LogP contribution < -0.4 is 24.0 Å². The predicted molar refractivity (Wildman–Crippen MR) is 30.9 cm³/mol. The maximum atomic E-state index is 10.4. The molecule has 0 N–H and O–H groups in total. The van der Waals surface area contributed by atoms with Gasteiger partial charge in [0.1, 0.15) is 0 Å². The van der Waals surface area contributed by atoms with Gasteiger partial charge in [0.15, 0.2) is 0 Å². The maximum absolute atomic E-state index is 10.4. The van der Waals surface area contributed by atoms with E-state index >= 15 is 0 Å². The van der Waals surface area contributed by atoms with Crippen molar-refractivity contribution in [1.82, 2.24) is 0 Å². The Morgan fingerprint density at radius 2 is 1.91 bits per heavy atom. The number of carbonyl (C=O) groups excluding carboxylic acids is 2. The minimum Gasteiger partial charge on any atom is -0.550 e. The first-order chi connectivity index (χ1) is 4.66. The van der Waals surface area contributed by atoms with Crippen molar-refractivity contribution >= 4 is 11.9 Å². The van der Waals surface area contributed by atoms with Crippen molar-refractivity contribution in [3.63, 3.8) is 0 Å². The number of aliphatic carboxylic acids is 1. The SMILES string of the molecule is COC(=O)CCCC(=O)[O-].[Li+]. The molecule has 0 unspecified atom stereocenters. The summed E-state index contributed by atoms with van der Waals surface area (Å²) in [6.45, 7) is 0. The predicted octanol–water partition coefficient (Wildman–Crippen LogP) is -3.92. The van der Waals surface area contributed by atoms with Crippen LogP contribution in [0.4, 0.5) is 0 Å². The first kappa shape index (κ1) is 13.2. The van der Waals surface area contributed by atoms with Gasteiger partial charge in [0, 0.05) is 12.4 Å². The van der Waals surface area contributed by atoms with Gasteiger partial charge in [-0.1, -0.05) is 0 Å². The van der Waals surface area contributed by atoms with Gasteiger partial charge in [0.2, 0.25) is 0 Å². The molecule has 0 aliphatic rings. The molecule has 5 heteroatoms. The largest absolute Gasteiger partial charge is 1.00 e. The fourth-order valence-corrected chi connectivity index (χ4v) is 0.479. The number of carbonyl (C=O) groups is 2. The third-order valence-corrected chi connectivity index (χ3v) is 0.989. The number of hydrogen-bond donors (Lipinski definition) is 0. The second-order valence-corrected chi connectivity index (χ2v) is 1.80. The van der Waals surface area contributed by atoms with E-state index in [1.54, 1.807) is 0 Å². The molecule has 0 fully saturated rings. The molecule has 0 aromatic rings. The van der Waals surface area contributed by atoms with Crippen molar-refractivity contribution in [2.75, 3.05) is 7.11 Å². The van der Waals surface area contributed by atoms with E-state index in [-0.39, 0.29) is 44.1 Å². The fourth-order valence-electron chi connectivity index (χ4n) is 0.479. The number of hydrogen-bond acceptors (Lipinski definition) is 4. The van der Waals surface area contributed by atoms with Crippen LogP contribution in [0.25, 0.3) is 0 Å². The summed E-state index contributed by atoms with van der Waals surface area (Å²) in [6.07, 6.45) is 0.342. The summed E-state index contributed by atoms with van der Waals surface area (Å²) in [6, 6.07) is 0.